The second-order valence-electron chi connectivity index (χ2n) is 6.12. The Labute approximate surface area is 144 Å². The van der Waals surface area contributed by atoms with Crippen LogP contribution in [0.1, 0.15) is 39.8 Å². The lowest BCUT2D eigenvalue weighted by Crippen LogP contribution is -2.30. The molecule has 5 nitrogen and oxygen atoms in total. The van der Waals surface area contributed by atoms with Crippen LogP contribution in [-0.2, 0) is 16.0 Å². The van der Waals surface area contributed by atoms with E-state index in [1.54, 1.807) is 6.92 Å². The third kappa shape index (κ3) is 3.01. The van der Waals surface area contributed by atoms with E-state index in [9.17, 15) is 14.4 Å². The minimum Gasteiger partial charge on any atom is -0.293 e. The normalized spacial score (nSPS) is 17.6. The highest BCUT2D eigenvalue weighted by atomic mass is 32.1. The molecule has 2 heterocycles. The Kier molecular flexibility index (Phi) is 4.32. The molecule has 6 heteroatoms. The number of carbonyl (C=O) groups is 3. The van der Waals surface area contributed by atoms with Gasteiger partial charge in [0, 0.05) is 18.2 Å². The molecule has 0 saturated carbocycles. The van der Waals surface area contributed by atoms with Gasteiger partial charge in [-0.15, -0.1) is 11.3 Å². The highest BCUT2D eigenvalue weighted by Crippen LogP contribution is 2.33. The summed E-state index contributed by atoms with van der Waals surface area (Å²) in [5, 5.41) is 0.305. The molecule has 0 bridgehead atoms. The van der Waals surface area contributed by atoms with Gasteiger partial charge in [0.1, 0.15) is 5.69 Å². The molecular weight excluding hydrogens is 324 g/mol. The number of aromatic nitrogens is 1. The van der Waals surface area contributed by atoms with E-state index in [1.807, 2.05) is 31.2 Å². The number of imide groups is 1. The second-order valence-corrected chi connectivity index (χ2v) is 7.30. The molecule has 1 fully saturated rings. The van der Waals surface area contributed by atoms with Gasteiger partial charge in [-0.1, -0.05) is 29.8 Å². The summed E-state index contributed by atoms with van der Waals surface area (Å²) in [5.41, 5.74) is 2.50. The number of hydrogen-bond donors (Lipinski definition) is 0. The monoisotopic (exact) mass is 342 g/mol. The molecule has 1 atom stereocenters. The van der Waals surface area contributed by atoms with Crippen LogP contribution >= 0.6 is 11.3 Å². The van der Waals surface area contributed by atoms with Crippen LogP contribution in [0.3, 0.4) is 0 Å². The van der Waals surface area contributed by atoms with Crippen LogP contribution in [0.5, 0.6) is 0 Å². The van der Waals surface area contributed by atoms with Crippen LogP contribution in [0.4, 0.5) is 5.13 Å². The van der Waals surface area contributed by atoms with Crippen molar-refractivity contribution in [2.24, 2.45) is 5.92 Å². The summed E-state index contributed by atoms with van der Waals surface area (Å²) >= 11 is 1.21. The lowest BCUT2D eigenvalue weighted by Gasteiger charge is -2.11. The topological polar surface area (TPSA) is 67.3 Å². The van der Waals surface area contributed by atoms with Crippen molar-refractivity contribution in [1.29, 1.82) is 0 Å². The molecule has 2 aromatic rings. The number of amides is 2. The van der Waals surface area contributed by atoms with Gasteiger partial charge < -0.3 is 0 Å². The molecule has 1 aromatic carbocycles. The van der Waals surface area contributed by atoms with Gasteiger partial charge in [0.05, 0.1) is 5.92 Å². The van der Waals surface area contributed by atoms with Crippen molar-refractivity contribution in [3.05, 3.63) is 46.0 Å². The molecule has 0 spiro atoms. The van der Waals surface area contributed by atoms with Crippen molar-refractivity contribution < 1.29 is 14.4 Å². The Hall–Kier alpha value is -2.34. The minimum absolute atomic E-state index is 0.162. The van der Waals surface area contributed by atoms with Gasteiger partial charge in [-0.2, -0.15) is 0 Å². The van der Waals surface area contributed by atoms with Gasteiger partial charge in [-0.25, -0.2) is 9.88 Å². The Morgan fingerprint density at radius 1 is 1.33 bits per heavy atom. The fourth-order valence-electron chi connectivity index (χ4n) is 2.98. The average molecular weight is 342 g/mol. The summed E-state index contributed by atoms with van der Waals surface area (Å²) in [4.78, 5) is 42.6. The van der Waals surface area contributed by atoms with Gasteiger partial charge in [0.25, 0.3) is 0 Å². The number of hydrogen-bond acceptors (Lipinski definition) is 5. The van der Waals surface area contributed by atoms with E-state index < -0.39 is 0 Å². The van der Waals surface area contributed by atoms with E-state index >= 15 is 0 Å². The van der Waals surface area contributed by atoms with Crippen LogP contribution in [0.2, 0.25) is 0 Å². The molecule has 0 N–H and O–H groups in total. The zero-order valence-corrected chi connectivity index (χ0v) is 14.6. The van der Waals surface area contributed by atoms with Gasteiger partial charge in [-0.05, 0) is 25.8 Å². The molecule has 3 rings (SSSR count). The number of rotatable bonds is 4. The third-order valence-electron chi connectivity index (χ3n) is 4.11. The quantitative estimate of drug-likeness (QED) is 0.632. The van der Waals surface area contributed by atoms with E-state index in [1.165, 1.54) is 18.3 Å². The smallest absolute Gasteiger partial charge is 0.239 e. The van der Waals surface area contributed by atoms with Crippen LogP contribution in [0.25, 0.3) is 0 Å². The molecule has 24 heavy (non-hydrogen) atoms. The highest BCUT2D eigenvalue weighted by Gasteiger charge is 2.41. The van der Waals surface area contributed by atoms with E-state index in [2.05, 4.69) is 4.98 Å². The Morgan fingerprint density at radius 3 is 2.71 bits per heavy atom. The number of thiazole rings is 1. The number of aryl methyl sites for hydroxylation is 2. The summed E-state index contributed by atoms with van der Waals surface area (Å²) in [5.74, 6) is -1.01. The van der Waals surface area contributed by atoms with Gasteiger partial charge in [0.2, 0.25) is 11.8 Å². The summed E-state index contributed by atoms with van der Waals surface area (Å²) in [7, 11) is 0. The van der Waals surface area contributed by atoms with Crippen molar-refractivity contribution in [2.45, 2.75) is 33.6 Å². The van der Waals surface area contributed by atoms with Crippen molar-refractivity contribution >= 4 is 34.1 Å². The fourth-order valence-corrected chi connectivity index (χ4v) is 3.96. The predicted octanol–water partition coefficient (Wildman–Crippen LogP) is 3.08. The number of Topliss-reactive ketones (excluding diaryl/α,β-unsaturated/α-hetero) is 1. The summed E-state index contributed by atoms with van der Waals surface area (Å²) < 4.78 is 0. The first-order valence-corrected chi connectivity index (χ1v) is 8.59. The molecule has 1 aliphatic rings. The van der Waals surface area contributed by atoms with Crippen molar-refractivity contribution in [3.8, 4) is 0 Å². The maximum absolute atomic E-state index is 12.7. The van der Waals surface area contributed by atoms with Gasteiger partial charge in [-0.3, -0.25) is 14.4 Å². The first kappa shape index (κ1) is 16.5. The summed E-state index contributed by atoms with van der Waals surface area (Å²) in [6.45, 7) is 5.20. The largest absolute Gasteiger partial charge is 0.293 e. The SMILES string of the molecule is CC(=O)c1nc(N2C(=O)C[C@@H](Cc3cccc(C)c3)C2=O)sc1C. The lowest BCUT2D eigenvalue weighted by molar-refractivity contribution is -0.122. The zero-order valence-electron chi connectivity index (χ0n) is 13.8. The number of ketones is 1. The number of anilines is 1. The molecule has 0 unspecified atom stereocenters. The second kappa shape index (κ2) is 6.28. The van der Waals surface area contributed by atoms with E-state index in [4.69, 9.17) is 0 Å². The Bertz CT molecular complexity index is 841. The van der Waals surface area contributed by atoms with Crippen molar-refractivity contribution in [3.63, 3.8) is 0 Å². The van der Waals surface area contributed by atoms with Crippen LogP contribution in [-0.4, -0.2) is 22.6 Å². The number of carbonyl (C=O) groups excluding carboxylic acids is 3. The van der Waals surface area contributed by atoms with E-state index in [0.29, 0.717) is 17.2 Å². The maximum atomic E-state index is 12.7. The van der Waals surface area contributed by atoms with E-state index in [0.717, 1.165) is 20.9 Å². The molecule has 2 amide bonds. The zero-order chi connectivity index (χ0) is 17.4. The molecule has 0 radical (unpaired) electrons. The van der Waals surface area contributed by atoms with Crippen LogP contribution < -0.4 is 4.90 Å². The first-order chi connectivity index (χ1) is 11.4. The third-order valence-corrected chi connectivity index (χ3v) is 5.07. The lowest BCUT2D eigenvalue weighted by atomic mass is 9.97. The standard InChI is InChI=1S/C18H18N2O3S/c1-10-5-4-6-13(7-10)8-14-9-15(22)20(17(14)23)18-19-16(11(2)21)12(3)24-18/h4-7,14H,8-9H2,1-3H3/t14-/m1/s1. The molecule has 1 saturated heterocycles. The maximum Gasteiger partial charge on any atom is 0.239 e. The van der Waals surface area contributed by atoms with E-state index in [-0.39, 0.29) is 29.9 Å². The van der Waals surface area contributed by atoms with Crippen LogP contribution in [0.15, 0.2) is 24.3 Å². The number of benzene rings is 1. The molecular formula is C18H18N2O3S. The number of nitrogens with zero attached hydrogens (tertiary/aromatic N) is 2. The molecule has 1 aromatic heterocycles. The average Bonchev–Trinajstić information content (AvgIpc) is 3.00. The van der Waals surface area contributed by atoms with Gasteiger partial charge in [0.15, 0.2) is 10.9 Å². The van der Waals surface area contributed by atoms with Gasteiger partial charge >= 0.3 is 0 Å². The van der Waals surface area contributed by atoms with Crippen LogP contribution in [0, 0.1) is 19.8 Å². The van der Waals surface area contributed by atoms with Crippen molar-refractivity contribution in [1.82, 2.24) is 4.98 Å². The Morgan fingerprint density at radius 2 is 2.08 bits per heavy atom. The Balaban J connectivity index is 1.84. The highest BCUT2D eigenvalue weighted by molar-refractivity contribution is 7.16. The fraction of sp³-hybridized carbons (Fsp3) is 0.333. The molecule has 1 aliphatic heterocycles. The minimum atomic E-state index is -0.371. The molecule has 0 aliphatic carbocycles. The first-order valence-electron chi connectivity index (χ1n) is 7.77. The van der Waals surface area contributed by atoms with Crippen molar-refractivity contribution in [2.75, 3.05) is 4.90 Å². The summed E-state index contributed by atoms with van der Waals surface area (Å²) in [6, 6.07) is 7.95. The predicted molar refractivity (Wildman–Crippen MR) is 92.3 cm³/mol. The molecule has 124 valence electrons. The summed E-state index contributed by atoms with van der Waals surface area (Å²) in [6.07, 6.45) is 0.716.